The van der Waals surface area contributed by atoms with Gasteiger partial charge in [-0.3, -0.25) is 5.32 Å². The molecule has 0 aromatic heterocycles. The summed E-state index contributed by atoms with van der Waals surface area (Å²) in [7, 11) is 0. The molecular formula is C17H26N3O3. The maximum Gasteiger partial charge on any atom is 0.411 e. The number of piperidine rings is 1. The molecule has 0 atom stereocenters. The topological polar surface area (TPSA) is 87.5 Å². The summed E-state index contributed by atoms with van der Waals surface area (Å²) in [6, 6.07) is 5.32. The van der Waals surface area contributed by atoms with Gasteiger partial charge in [-0.15, -0.1) is 10.3 Å². The Morgan fingerprint density at radius 3 is 2.35 bits per heavy atom. The third kappa shape index (κ3) is 3.95. The van der Waals surface area contributed by atoms with Crippen LogP contribution in [0.5, 0.6) is 0 Å². The summed E-state index contributed by atoms with van der Waals surface area (Å²) in [4.78, 5) is 12.1. The standard InChI is InChI=1S/C17H26N3O3/c1-11-6-7-12(8-14(11)18)19-15(21)23-13-9-16(2,3)20(22)17(4,5)10-13/h6-8,13H,9-10,18H2,1-5H3,(H,19,21). The lowest BCUT2D eigenvalue weighted by Crippen LogP contribution is -2.60. The Hall–Kier alpha value is -1.79. The lowest BCUT2D eigenvalue weighted by Gasteiger charge is -2.49. The predicted molar refractivity (Wildman–Crippen MR) is 89.4 cm³/mol. The van der Waals surface area contributed by atoms with Crippen molar-refractivity contribution in [1.82, 2.24) is 5.06 Å². The third-order valence-corrected chi connectivity index (χ3v) is 4.35. The predicted octanol–water partition coefficient (Wildman–Crippen LogP) is 3.49. The average molecular weight is 320 g/mol. The van der Waals surface area contributed by atoms with Crippen LogP contribution in [0.1, 0.15) is 46.1 Å². The molecule has 0 saturated carbocycles. The first-order valence-corrected chi connectivity index (χ1v) is 7.82. The molecule has 1 aromatic rings. The highest BCUT2D eigenvalue weighted by Crippen LogP contribution is 2.38. The summed E-state index contributed by atoms with van der Waals surface area (Å²) in [6.45, 7) is 9.38. The van der Waals surface area contributed by atoms with Crippen molar-refractivity contribution in [2.45, 2.75) is 64.6 Å². The van der Waals surface area contributed by atoms with Gasteiger partial charge in [0.25, 0.3) is 0 Å². The van der Waals surface area contributed by atoms with E-state index in [0.717, 1.165) is 10.6 Å². The van der Waals surface area contributed by atoms with Crippen LogP contribution < -0.4 is 11.1 Å². The minimum absolute atomic E-state index is 0.298. The summed E-state index contributed by atoms with van der Waals surface area (Å²) in [5, 5.41) is 16.1. The molecular weight excluding hydrogens is 294 g/mol. The number of nitrogens with zero attached hydrogens (tertiary/aromatic N) is 1. The van der Waals surface area contributed by atoms with Gasteiger partial charge in [0, 0.05) is 35.3 Å². The fourth-order valence-electron chi connectivity index (χ4n) is 3.27. The van der Waals surface area contributed by atoms with Crippen LogP contribution in [0.4, 0.5) is 16.2 Å². The summed E-state index contributed by atoms with van der Waals surface area (Å²) in [6.07, 6.45) is 0.185. The van der Waals surface area contributed by atoms with E-state index in [1.54, 1.807) is 12.1 Å². The molecule has 0 unspecified atom stereocenters. The van der Waals surface area contributed by atoms with Gasteiger partial charge in [-0.2, -0.15) is 0 Å². The van der Waals surface area contributed by atoms with Crippen LogP contribution in [-0.4, -0.2) is 28.3 Å². The summed E-state index contributed by atoms with van der Waals surface area (Å²) < 4.78 is 5.53. The van der Waals surface area contributed by atoms with Crippen LogP contribution in [0.25, 0.3) is 0 Å². The van der Waals surface area contributed by atoms with E-state index in [2.05, 4.69) is 5.32 Å². The Kier molecular flexibility index (Phi) is 4.59. The van der Waals surface area contributed by atoms with Crippen molar-refractivity contribution in [2.24, 2.45) is 0 Å². The number of ether oxygens (including phenoxy) is 1. The van der Waals surface area contributed by atoms with Gasteiger partial charge in [0.05, 0.1) is 0 Å². The van der Waals surface area contributed by atoms with E-state index >= 15 is 0 Å². The van der Waals surface area contributed by atoms with Crippen molar-refractivity contribution >= 4 is 17.5 Å². The molecule has 0 spiro atoms. The minimum atomic E-state index is -0.568. The van der Waals surface area contributed by atoms with Gasteiger partial charge in [-0.05, 0) is 52.3 Å². The average Bonchev–Trinajstić information content (AvgIpc) is 2.39. The van der Waals surface area contributed by atoms with E-state index in [0.29, 0.717) is 24.2 Å². The number of nitrogens with one attached hydrogen (secondary N) is 1. The van der Waals surface area contributed by atoms with Gasteiger partial charge < -0.3 is 10.5 Å². The molecule has 23 heavy (non-hydrogen) atoms. The van der Waals surface area contributed by atoms with Gasteiger partial charge in [0.15, 0.2) is 0 Å². The summed E-state index contributed by atoms with van der Waals surface area (Å²) >= 11 is 0. The number of benzene rings is 1. The van der Waals surface area contributed by atoms with E-state index in [9.17, 15) is 10.0 Å². The molecule has 6 heteroatoms. The number of carbonyl (C=O) groups excluding carboxylic acids is 1. The van der Waals surface area contributed by atoms with Crippen LogP contribution in [0, 0.1) is 6.92 Å². The van der Waals surface area contributed by atoms with Crippen molar-refractivity contribution in [2.75, 3.05) is 11.1 Å². The smallest absolute Gasteiger partial charge is 0.411 e. The van der Waals surface area contributed by atoms with Gasteiger partial charge in [-0.25, -0.2) is 4.79 Å². The second-order valence-corrected chi connectivity index (χ2v) is 7.55. The van der Waals surface area contributed by atoms with E-state index < -0.39 is 17.2 Å². The Bertz CT molecular complexity index is 581. The van der Waals surface area contributed by atoms with Crippen molar-refractivity contribution in [3.05, 3.63) is 23.8 Å². The molecule has 1 radical (unpaired) electrons. The van der Waals surface area contributed by atoms with Gasteiger partial charge in [0.2, 0.25) is 0 Å². The zero-order valence-corrected chi connectivity index (χ0v) is 14.5. The number of amides is 1. The van der Waals surface area contributed by atoms with E-state index in [-0.39, 0.29) is 6.10 Å². The molecule has 1 aliphatic heterocycles. The van der Waals surface area contributed by atoms with E-state index in [1.165, 1.54) is 0 Å². The maximum absolute atomic E-state index is 12.3. The van der Waals surface area contributed by atoms with Crippen molar-refractivity contribution in [1.29, 1.82) is 0 Å². The number of anilines is 2. The summed E-state index contributed by atoms with van der Waals surface area (Å²) in [5.74, 6) is 0. The highest BCUT2D eigenvalue weighted by atomic mass is 16.6. The van der Waals surface area contributed by atoms with Crippen LogP contribution in [0.2, 0.25) is 0 Å². The lowest BCUT2D eigenvalue weighted by atomic mass is 9.80. The van der Waals surface area contributed by atoms with E-state index in [4.69, 9.17) is 10.5 Å². The molecule has 0 bridgehead atoms. The molecule has 6 nitrogen and oxygen atoms in total. The summed E-state index contributed by atoms with van der Waals surface area (Å²) in [5.41, 5.74) is 6.86. The second-order valence-electron chi connectivity index (χ2n) is 7.55. The maximum atomic E-state index is 12.3. The van der Waals surface area contributed by atoms with Crippen LogP contribution in [0.15, 0.2) is 18.2 Å². The molecule has 1 saturated heterocycles. The van der Waals surface area contributed by atoms with Gasteiger partial charge in [0.1, 0.15) is 6.10 Å². The normalized spacial score (nSPS) is 21.0. The molecule has 1 amide bonds. The fourth-order valence-corrected chi connectivity index (χ4v) is 3.27. The van der Waals surface area contributed by atoms with Crippen molar-refractivity contribution < 1.29 is 14.7 Å². The molecule has 3 N–H and O–H groups in total. The number of hydroxylamine groups is 2. The van der Waals surface area contributed by atoms with Gasteiger partial charge in [-0.1, -0.05) is 6.07 Å². The van der Waals surface area contributed by atoms with Crippen molar-refractivity contribution in [3.63, 3.8) is 0 Å². The Morgan fingerprint density at radius 2 is 1.83 bits per heavy atom. The Labute approximate surface area is 137 Å². The first-order valence-electron chi connectivity index (χ1n) is 7.82. The number of carbonyl (C=O) groups is 1. The number of hydrogen-bond donors (Lipinski definition) is 2. The molecule has 1 heterocycles. The van der Waals surface area contributed by atoms with Crippen LogP contribution in [0.3, 0.4) is 0 Å². The molecule has 1 aromatic carbocycles. The largest absolute Gasteiger partial charge is 0.446 e. The quantitative estimate of drug-likeness (QED) is 0.816. The van der Waals surface area contributed by atoms with Crippen molar-refractivity contribution in [3.8, 4) is 0 Å². The molecule has 1 fully saturated rings. The monoisotopic (exact) mass is 320 g/mol. The molecule has 1 aliphatic rings. The third-order valence-electron chi connectivity index (χ3n) is 4.35. The SMILES string of the molecule is Cc1ccc(NC(=O)OC2CC(C)(C)N([O])C(C)(C)C2)cc1N. The van der Waals surface area contributed by atoms with E-state index in [1.807, 2.05) is 40.7 Å². The molecule has 0 aliphatic carbocycles. The number of aryl methyl sites for hydroxylation is 1. The number of nitrogens with two attached hydrogens (primary N) is 1. The zero-order chi connectivity index (χ0) is 17.4. The highest BCUT2D eigenvalue weighted by Gasteiger charge is 2.47. The first kappa shape index (κ1) is 17.6. The first-order chi connectivity index (χ1) is 10.5. The molecule has 2 rings (SSSR count). The number of rotatable bonds is 2. The molecule has 127 valence electrons. The Balaban J connectivity index is 2.01. The second kappa shape index (κ2) is 6.02. The van der Waals surface area contributed by atoms with Crippen LogP contribution >= 0.6 is 0 Å². The van der Waals surface area contributed by atoms with Crippen LogP contribution in [-0.2, 0) is 9.94 Å². The zero-order valence-electron chi connectivity index (χ0n) is 14.5. The number of nitrogen functional groups attached to an aromatic ring is 1. The Morgan fingerprint density at radius 1 is 1.26 bits per heavy atom. The highest BCUT2D eigenvalue weighted by molar-refractivity contribution is 5.85. The lowest BCUT2D eigenvalue weighted by molar-refractivity contribution is -0.297. The van der Waals surface area contributed by atoms with Gasteiger partial charge >= 0.3 is 6.09 Å². The number of hydrogen-bond acceptors (Lipinski definition) is 4. The minimum Gasteiger partial charge on any atom is -0.446 e. The fraction of sp³-hybridized carbons (Fsp3) is 0.588.